The lowest BCUT2D eigenvalue weighted by atomic mass is 10.1. The quantitative estimate of drug-likeness (QED) is 0.286. The van der Waals surface area contributed by atoms with Crippen LogP contribution in [0.3, 0.4) is 0 Å². The summed E-state index contributed by atoms with van der Waals surface area (Å²) >= 11 is 0. The van der Waals surface area contributed by atoms with E-state index in [1.165, 1.54) is 17.4 Å². The molecule has 0 saturated heterocycles. The molecule has 0 aliphatic heterocycles. The average Bonchev–Trinajstić information content (AvgIpc) is 3.55. The third-order valence-corrected chi connectivity index (χ3v) is 5.07. The van der Waals surface area contributed by atoms with E-state index in [9.17, 15) is 4.79 Å². The average molecular weight is 443 g/mol. The van der Waals surface area contributed by atoms with Gasteiger partial charge in [-0.05, 0) is 47.0 Å². The second kappa shape index (κ2) is 10.8. The Morgan fingerprint density at radius 1 is 1.00 bits per heavy atom. The van der Waals surface area contributed by atoms with E-state index in [0.717, 1.165) is 5.56 Å². The zero-order chi connectivity index (χ0) is 22.9. The van der Waals surface area contributed by atoms with Gasteiger partial charge in [0.2, 0.25) is 0 Å². The van der Waals surface area contributed by atoms with Crippen LogP contribution in [0.2, 0.25) is 0 Å². The number of benzene rings is 2. The Hall–Kier alpha value is -4.33. The van der Waals surface area contributed by atoms with Gasteiger partial charge in [0.25, 0.3) is 5.91 Å². The van der Waals surface area contributed by atoms with Crippen LogP contribution in [-0.2, 0) is 19.6 Å². The SMILES string of the molecule is CN=C(NCc1cccc(NC(=O)c2ccco2)c1)NCc1ccccc1Cn1cccn1. The number of carbonyl (C=O) groups is 1. The maximum atomic E-state index is 12.2. The van der Waals surface area contributed by atoms with Crippen molar-refractivity contribution in [3.05, 3.63) is 108 Å². The maximum absolute atomic E-state index is 12.2. The van der Waals surface area contributed by atoms with Crippen LogP contribution in [0.1, 0.15) is 27.2 Å². The summed E-state index contributed by atoms with van der Waals surface area (Å²) in [7, 11) is 1.74. The number of hydrogen-bond acceptors (Lipinski definition) is 4. The van der Waals surface area contributed by atoms with Crippen LogP contribution in [-0.4, -0.2) is 28.7 Å². The minimum atomic E-state index is -0.281. The number of furan rings is 1. The number of hydrogen-bond donors (Lipinski definition) is 3. The molecule has 0 spiro atoms. The van der Waals surface area contributed by atoms with Crippen LogP contribution < -0.4 is 16.0 Å². The lowest BCUT2D eigenvalue weighted by Gasteiger charge is -2.15. The van der Waals surface area contributed by atoms with Crippen molar-refractivity contribution in [3.63, 3.8) is 0 Å². The van der Waals surface area contributed by atoms with E-state index in [2.05, 4.69) is 38.2 Å². The second-order valence-electron chi connectivity index (χ2n) is 7.38. The molecule has 0 radical (unpaired) electrons. The molecule has 1 amide bonds. The molecule has 2 aromatic heterocycles. The fourth-order valence-corrected chi connectivity index (χ4v) is 3.40. The van der Waals surface area contributed by atoms with Gasteiger partial charge in [0, 0.05) is 38.2 Å². The Labute approximate surface area is 192 Å². The zero-order valence-corrected chi connectivity index (χ0v) is 18.4. The number of nitrogens with one attached hydrogen (secondary N) is 3. The van der Waals surface area contributed by atoms with Crippen LogP contribution in [0.5, 0.6) is 0 Å². The molecule has 2 aromatic carbocycles. The minimum Gasteiger partial charge on any atom is -0.459 e. The highest BCUT2D eigenvalue weighted by Crippen LogP contribution is 2.13. The Morgan fingerprint density at radius 3 is 2.61 bits per heavy atom. The van der Waals surface area contributed by atoms with Gasteiger partial charge in [-0.3, -0.25) is 14.5 Å². The number of guanidine groups is 1. The van der Waals surface area contributed by atoms with Crippen LogP contribution in [0.4, 0.5) is 5.69 Å². The summed E-state index contributed by atoms with van der Waals surface area (Å²) in [5, 5.41) is 13.8. The highest BCUT2D eigenvalue weighted by molar-refractivity contribution is 6.02. The van der Waals surface area contributed by atoms with E-state index in [-0.39, 0.29) is 11.7 Å². The van der Waals surface area contributed by atoms with Gasteiger partial charge in [0.1, 0.15) is 0 Å². The Balaban J connectivity index is 1.32. The standard InChI is InChI=1S/C25H26N6O2/c1-26-25(28-17-20-8-2-3-9-21(20)18-31-13-6-12-29-31)27-16-19-7-4-10-22(15-19)30-24(32)23-11-5-14-33-23/h2-15H,16-18H2,1H3,(H,30,32)(H2,26,27,28). The first kappa shape index (κ1) is 21.9. The van der Waals surface area contributed by atoms with Gasteiger partial charge >= 0.3 is 0 Å². The molecular formula is C25H26N6O2. The molecule has 4 aromatic rings. The summed E-state index contributed by atoms with van der Waals surface area (Å²) in [6.45, 7) is 1.91. The van der Waals surface area contributed by atoms with Crippen molar-refractivity contribution in [2.45, 2.75) is 19.6 Å². The molecule has 4 rings (SSSR count). The number of aromatic nitrogens is 2. The number of aliphatic imine (C=N–C) groups is 1. The number of nitrogens with zero attached hydrogens (tertiary/aromatic N) is 3. The van der Waals surface area contributed by atoms with Gasteiger partial charge in [0.05, 0.1) is 12.8 Å². The van der Waals surface area contributed by atoms with Gasteiger partial charge in [-0.2, -0.15) is 5.10 Å². The lowest BCUT2D eigenvalue weighted by molar-refractivity contribution is 0.0996. The van der Waals surface area contributed by atoms with E-state index >= 15 is 0 Å². The Kier molecular flexibility index (Phi) is 7.17. The fraction of sp³-hybridized carbons (Fsp3) is 0.160. The highest BCUT2D eigenvalue weighted by Gasteiger charge is 2.09. The first-order valence-corrected chi connectivity index (χ1v) is 10.6. The third kappa shape index (κ3) is 6.10. The molecule has 8 heteroatoms. The van der Waals surface area contributed by atoms with Crippen molar-refractivity contribution >= 4 is 17.6 Å². The predicted molar refractivity (Wildman–Crippen MR) is 128 cm³/mol. The summed E-state index contributed by atoms with van der Waals surface area (Å²) in [6.07, 6.45) is 5.21. The van der Waals surface area contributed by atoms with Gasteiger partial charge in [-0.25, -0.2) is 0 Å². The summed E-state index contributed by atoms with van der Waals surface area (Å²) in [5.41, 5.74) is 4.09. The second-order valence-corrected chi connectivity index (χ2v) is 7.38. The van der Waals surface area contributed by atoms with Crippen LogP contribution in [0.15, 0.2) is 94.8 Å². The topological polar surface area (TPSA) is 96.5 Å². The fourth-order valence-electron chi connectivity index (χ4n) is 3.40. The molecule has 33 heavy (non-hydrogen) atoms. The van der Waals surface area contributed by atoms with E-state index in [1.807, 2.05) is 53.3 Å². The van der Waals surface area contributed by atoms with E-state index in [1.54, 1.807) is 25.4 Å². The monoisotopic (exact) mass is 442 g/mol. The van der Waals surface area contributed by atoms with Crippen molar-refractivity contribution in [1.29, 1.82) is 0 Å². The molecular weight excluding hydrogens is 416 g/mol. The summed E-state index contributed by atoms with van der Waals surface area (Å²) in [5.74, 6) is 0.682. The molecule has 0 aliphatic rings. The molecule has 0 bridgehead atoms. The molecule has 0 aliphatic carbocycles. The highest BCUT2D eigenvalue weighted by atomic mass is 16.3. The van der Waals surface area contributed by atoms with Crippen molar-refractivity contribution in [3.8, 4) is 0 Å². The molecule has 168 valence electrons. The van der Waals surface area contributed by atoms with Crippen LogP contribution in [0.25, 0.3) is 0 Å². The Morgan fingerprint density at radius 2 is 1.85 bits per heavy atom. The van der Waals surface area contributed by atoms with Crippen LogP contribution >= 0.6 is 0 Å². The Bertz CT molecular complexity index is 1200. The first-order valence-electron chi connectivity index (χ1n) is 10.6. The normalized spacial score (nSPS) is 11.2. The summed E-state index contributed by atoms with van der Waals surface area (Å²) in [6, 6.07) is 21.2. The van der Waals surface area contributed by atoms with Crippen molar-refractivity contribution in [1.82, 2.24) is 20.4 Å². The van der Waals surface area contributed by atoms with E-state index < -0.39 is 0 Å². The van der Waals surface area contributed by atoms with Gasteiger partial charge < -0.3 is 20.4 Å². The molecule has 3 N–H and O–H groups in total. The van der Waals surface area contributed by atoms with Crippen molar-refractivity contribution in [2.24, 2.45) is 4.99 Å². The van der Waals surface area contributed by atoms with E-state index in [0.29, 0.717) is 31.3 Å². The van der Waals surface area contributed by atoms with Gasteiger partial charge in [-0.15, -0.1) is 0 Å². The number of carbonyl (C=O) groups excluding carboxylic acids is 1. The van der Waals surface area contributed by atoms with Crippen molar-refractivity contribution < 1.29 is 9.21 Å². The number of anilines is 1. The molecule has 0 fully saturated rings. The molecule has 8 nitrogen and oxygen atoms in total. The smallest absolute Gasteiger partial charge is 0.291 e. The van der Waals surface area contributed by atoms with E-state index in [4.69, 9.17) is 4.42 Å². The minimum absolute atomic E-state index is 0.274. The zero-order valence-electron chi connectivity index (χ0n) is 18.4. The largest absolute Gasteiger partial charge is 0.459 e. The van der Waals surface area contributed by atoms with Gasteiger partial charge in [0.15, 0.2) is 11.7 Å². The molecule has 0 unspecified atom stereocenters. The lowest BCUT2D eigenvalue weighted by Crippen LogP contribution is -2.36. The van der Waals surface area contributed by atoms with Crippen LogP contribution in [0, 0.1) is 0 Å². The molecule has 0 atom stereocenters. The summed E-state index contributed by atoms with van der Waals surface area (Å²) < 4.78 is 7.05. The maximum Gasteiger partial charge on any atom is 0.291 e. The third-order valence-electron chi connectivity index (χ3n) is 5.07. The molecule has 0 saturated carbocycles. The summed E-state index contributed by atoms with van der Waals surface area (Å²) in [4.78, 5) is 16.5. The van der Waals surface area contributed by atoms with Gasteiger partial charge in [-0.1, -0.05) is 36.4 Å². The predicted octanol–water partition coefficient (Wildman–Crippen LogP) is 3.64. The first-order chi connectivity index (χ1) is 16.2. The molecule has 2 heterocycles. The number of rotatable bonds is 8. The van der Waals surface area contributed by atoms with Crippen molar-refractivity contribution in [2.75, 3.05) is 12.4 Å². The number of amides is 1.